The Morgan fingerprint density at radius 3 is 2.71 bits per heavy atom. The number of rotatable bonds is 1. The predicted molar refractivity (Wildman–Crippen MR) is 94.2 cm³/mol. The highest BCUT2D eigenvalue weighted by Crippen LogP contribution is 2.32. The number of nitrogens with zero attached hydrogens (tertiary/aromatic N) is 3. The monoisotopic (exact) mass is 329 g/mol. The lowest BCUT2D eigenvalue weighted by Crippen LogP contribution is -2.42. The van der Waals surface area contributed by atoms with Crippen molar-refractivity contribution >= 4 is 11.7 Å². The number of pyridine rings is 1. The van der Waals surface area contributed by atoms with Gasteiger partial charge in [-0.3, -0.25) is 4.90 Å². The molecule has 1 fully saturated rings. The van der Waals surface area contributed by atoms with Crippen LogP contribution in [-0.4, -0.2) is 32.5 Å². The van der Waals surface area contributed by atoms with E-state index in [0.717, 1.165) is 42.8 Å². The van der Waals surface area contributed by atoms with E-state index in [2.05, 4.69) is 36.6 Å². The molecule has 3 rings (SSSR count). The minimum Gasteiger partial charge on any atom is -0.444 e. The molecule has 0 radical (unpaired) electrons. The Labute approximate surface area is 143 Å². The summed E-state index contributed by atoms with van der Waals surface area (Å²) in [5.74, 6) is 0. The van der Waals surface area contributed by atoms with Gasteiger partial charge in [-0.05, 0) is 71.6 Å². The summed E-state index contributed by atoms with van der Waals surface area (Å²) in [6.45, 7) is 10.6. The van der Waals surface area contributed by atoms with Crippen molar-refractivity contribution in [1.29, 1.82) is 0 Å². The van der Waals surface area contributed by atoms with Crippen LogP contribution in [0.1, 0.15) is 63.0 Å². The van der Waals surface area contributed by atoms with Crippen LogP contribution in [-0.2, 0) is 4.74 Å². The number of fused-ring (bicyclic) bond motifs is 1. The van der Waals surface area contributed by atoms with Gasteiger partial charge in [0.15, 0.2) is 0 Å². The summed E-state index contributed by atoms with van der Waals surface area (Å²) in [4.78, 5) is 19.2. The highest BCUT2D eigenvalue weighted by molar-refractivity contribution is 5.69. The van der Waals surface area contributed by atoms with Crippen molar-refractivity contribution in [3.63, 3.8) is 0 Å². The summed E-state index contributed by atoms with van der Waals surface area (Å²) in [5, 5.41) is 0. The molecule has 5 nitrogen and oxygen atoms in total. The van der Waals surface area contributed by atoms with Gasteiger partial charge in [0.05, 0.1) is 11.7 Å². The maximum Gasteiger partial charge on any atom is 0.410 e. The van der Waals surface area contributed by atoms with Gasteiger partial charge < -0.3 is 9.14 Å². The zero-order valence-corrected chi connectivity index (χ0v) is 15.3. The second-order valence-corrected chi connectivity index (χ2v) is 7.75. The van der Waals surface area contributed by atoms with Crippen LogP contribution in [0.4, 0.5) is 4.79 Å². The van der Waals surface area contributed by atoms with Gasteiger partial charge in [-0.25, -0.2) is 9.78 Å². The summed E-state index contributed by atoms with van der Waals surface area (Å²) in [6.07, 6.45) is 4.88. The van der Waals surface area contributed by atoms with Crippen molar-refractivity contribution in [2.45, 2.75) is 65.5 Å². The van der Waals surface area contributed by atoms with E-state index >= 15 is 0 Å². The molecule has 1 atom stereocenters. The van der Waals surface area contributed by atoms with Crippen molar-refractivity contribution in [3.8, 4) is 0 Å². The first-order chi connectivity index (χ1) is 11.2. The molecule has 5 heteroatoms. The number of imidazole rings is 1. The van der Waals surface area contributed by atoms with E-state index in [4.69, 9.17) is 9.72 Å². The molecule has 0 aromatic carbocycles. The number of piperidine rings is 1. The number of aryl methyl sites for hydroxylation is 2. The first kappa shape index (κ1) is 16.8. The molecular weight excluding hydrogens is 302 g/mol. The second kappa shape index (κ2) is 6.11. The second-order valence-electron chi connectivity index (χ2n) is 7.75. The highest BCUT2D eigenvalue weighted by atomic mass is 16.6. The number of hydrogen-bond donors (Lipinski definition) is 0. The van der Waals surface area contributed by atoms with Crippen LogP contribution < -0.4 is 0 Å². The fourth-order valence-electron chi connectivity index (χ4n) is 3.38. The average Bonchev–Trinajstić information content (AvgIpc) is 2.89. The average molecular weight is 329 g/mol. The molecule has 0 aliphatic carbocycles. The van der Waals surface area contributed by atoms with Crippen molar-refractivity contribution < 1.29 is 9.53 Å². The van der Waals surface area contributed by atoms with Crippen LogP contribution in [0, 0.1) is 13.8 Å². The molecule has 2 aromatic heterocycles. The molecule has 1 saturated heterocycles. The topological polar surface area (TPSA) is 46.8 Å². The Hall–Kier alpha value is -2.04. The summed E-state index contributed by atoms with van der Waals surface area (Å²) >= 11 is 0. The SMILES string of the molecule is Cc1cc(C)n2cc([C@@H]3CCCCN3C(=O)OC(C)(C)C)nc2c1. The minimum atomic E-state index is -0.480. The predicted octanol–water partition coefficient (Wildman–Crippen LogP) is 4.41. The molecular formula is C19H27N3O2. The van der Waals surface area contributed by atoms with Crippen molar-refractivity contribution in [3.05, 3.63) is 35.3 Å². The zero-order valence-electron chi connectivity index (χ0n) is 15.3. The third-order valence-corrected chi connectivity index (χ3v) is 4.40. The lowest BCUT2D eigenvalue weighted by atomic mass is 10.0. The maximum atomic E-state index is 12.6. The van der Waals surface area contributed by atoms with Crippen LogP contribution >= 0.6 is 0 Å². The van der Waals surface area contributed by atoms with Crippen LogP contribution in [0.2, 0.25) is 0 Å². The van der Waals surface area contributed by atoms with E-state index in [-0.39, 0.29) is 12.1 Å². The fraction of sp³-hybridized carbons (Fsp3) is 0.579. The van der Waals surface area contributed by atoms with E-state index in [1.54, 1.807) is 0 Å². The number of aromatic nitrogens is 2. The van der Waals surface area contributed by atoms with Gasteiger partial charge in [0.25, 0.3) is 0 Å². The largest absolute Gasteiger partial charge is 0.444 e. The molecule has 0 unspecified atom stereocenters. The van der Waals surface area contributed by atoms with E-state index in [1.165, 1.54) is 5.56 Å². The van der Waals surface area contributed by atoms with E-state index in [1.807, 2.05) is 25.7 Å². The smallest absolute Gasteiger partial charge is 0.410 e. The highest BCUT2D eigenvalue weighted by Gasteiger charge is 2.32. The van der Waals surface area contributed by atoms with Gasteiger partial charge in [-0.2, -0.15) is 0 Å². The lowest BCUT2D eigenvalue weighted by molar-refractivity contribution is 0.00906. The van der Waals surface area contributed by atoms with Gasteiger partial charge in [0, 0.05) is 18.4 Å². The summed E-state index contributed by atoms with van der Waals surface area (Å²) < 4.78 is 7.70. The maximum absolute atomic E-state index is 12.6. The van der Waals surface area contributed by atoms with Crippen molar-refractivity contribution in [1.82, 2.24) is 14.3 Å². The Morgan fingerprint density at radius 1 is 1.25 bits per heavy atom. The molecule has 130 valence electrons. The first-order valence-corrected chi connectivity index (χ1v) is 8.70. The van der Waals surface area contributed by atoms with Gasteiger partial charge >= 0.3 is 6.09 Å². The number of carbonyl (C=O) groups is 1. The van der Waals surface area contributed by atoms with Gasteiger partial charge in [-0.15, -0.1) is 0 Å². The van der Waals surface area contributed by atoms with Gasteiger partial charge in [0.2, 0.25) is 0 Å². The molecule has 0 N–H and O–H groups in total. The molecule has 0 bridgehead atoms. The molecule has 2 aromatic rings. The Kier molecular flexibility index (Phi) is 4.28. The molecule has 1 aliphatic heterocycles. The third kappa shape index (κ3) is 3.40. The number of likely N-dealkylation sites (tertiary alicyclic amines) is 1. The van der Waals surface area contributed by atoms with E-state index in [9.17, 15) is 4.79 Å². The Morgan fingerprint density at radius 2 is 2.00 bits per heavy atom. The number of hydrogen-bond acceptors (Lipinski definition) is 3. The number of ether oxygens (including phenoxy) is 1. The Balaban J connectivity index is 1.93. The van der Waals surface area contributed by atoms with Crippen LogP contribution in [0.15, 0.2) is 18.3 Å². The normalized spacial score (nSPS) is 18.9. The van der Waals surface area contributed by atoms with E-state index in [0.29, 0.717) is 0 Å². The quantitative estimate of drug-likeness (QED) is 0.778. The third-order valence-electron chi connectivity index (χ3n) is 4.40. The van der Waals surface area contributed by atoms with Crippen molar-refractivity contribution in [2.75, 3.05) is 6.54 Å². The molecule has 24 heavy (non-hydrogen) atoms. The first-order valence-electron chi connectivity index (χ1n) is 8.70. The molecule has 0 saturated carbocycles. The standard InChI is InChI=1S/C19H27N3O2/c1-13-10-14(2)22-12-15(20-17(22)11-13)16-8-6-7-9-21(16)18(23)24-19(3,4)5/h10-12,16H,6-9H2,1-5H3/t16-/m0/s1. The zero-order chi connectivity index (χ0) is 17.5. The van der Waals surface area contributed by atoms with Gasteiger partial charge in [-0.1, -0.05) is 0 Å². The molecule has 0 spiro atoms. The summed E-state index contributed by atoms with van der Waals surface area (Å²) in [7, 11) is 0. The summed E-state index contributed by atoms with van der Waals surface area (Å²) in [5.41, 5.74) is 3.77. The van der Waals surface area contributed by atoms with Crippen LogP contribution in [0.25, 0.3) is 5.65 Å². The lowest BCUT2D eigenvalue weighted by Gasteiger charge is -2.35. The molecule has 1 amide bonds. The molecule has 3 heterocycles. The summed E-state index contributed by atoms with van der Waals surface area (Å²) in [6, 6.07) is 4.22. The Bertz CT molecular complexity index is 758. The number of amides is 1. The minimum absolute atomic E-state index is 0.00629. The van der Waals surface area contributed by atoms with Crippen LogP contribution in [0.5, 0.6) is 0 Å². The van der Waals surface area contributed by atoms with Crippen molar-refractivity contribution in [2.24, 2.45) is 0 Å². The number of carbonyl (C=O) groups excluding carboxylic acids is 1. The fourth-order valence-corrected chi connectivity index (χ4v) is 3.38. The van der Waals surface area contributed by atoms with Gasteiger partial charge in [0.1, 0.15) is 11.2 Å². The molecule has 1 aliphatic rings. The van der Waals surface area contributed by atoms with Crippen LogP contribution in [0.3, 0.4) is 0 Å². The van der Waals surface area contributed by atoms with E-state index < -0.39 is 5.60 Å².